The quantitative estimate of drug-likeness (QED) is 0.774. The molecule has 6 heteroatoms. The highest BCUT2D eigenvalue weighted by atomic mass is 35.5. The molecule has 0 amide bonds. The Morgan fingerprint density at radius 2 is 2.17 bits per heavy atom. The van der Waals surface area contributed by atoms with Gasteiger partial charge >= 0.3 is 0 Å². The van der Waals surface area contributed by atoms with Crippen LogP contribution in [0, 0.1) is 0 Å². The molecule has 3 aromatic rings. The molecule has 2 heterocycles. The zero-order valence-electron chi connectivity index (χ0n) is 9.55. The molecule has 0 saturated heterocycles. The van der Waals surface area contributed by atoms with Crippen molar-refractivity contribution in [3.8, 4) is 10.7 Å². The summed E-state index contributed by atoms with van der Waals surface area (Å²) in [6.45, 7) is 1.93. The van der Waals surface area contributed by atoms with Gasteiger partial charge in [-0.1, -0.05) is 11.6 Å². The molecular formula is C12H10ClN3S2. The number of nitrogens with zero attached hydrogens (tertiary/aromatic N) is 2. The monoisotopic (exact) mass is 295 g/mol. The summed E-state index contributed by atoms with van der Waals surface area (Å²) < 4.78 is 1.08. The third kappa shape index (κ3) is 2.14. The minimum Gasteiger partial charge on any atom is -0.322 e. The molecule has 0 aliphatic rings. The van der Waals surface area contributed by atoms with Crippen molar-refractivity contribution in [1.82, 2.24) is 9.97 Å². The average Bonchev–Trinajstić information content (AvgIpc) is 2.93. The summed E-state index contributed by atoms with van der Waals surface area (Å²) in [5.41, 5.74) is 7.66. The van der Waals surface area contributed by atoms with E-state index in [2.05, 4.69) is 9.97 Å². The molecular weight excluding hydrogens is 286 g/mol. The van der Waals surface area contributed by atoms with Gasteiger partial charge in [-0.15, -0.1) is 22.7 Å². The van der Waals surface area contributed by atoms with Crippen LogP contribution in [0.4, 0.5) is 0 Å². The maximum atomic E-state index is 5.97. The van der Waals surface area contributed by atoms with Crippen LogP contribution >= 0.6 is 34.3 Å². The van der Waals surface area contributed by atoms with Gasteiger partial charge in [0.15, 0.2) is 0 Å². The number of fused-ring (bicyclic) bond motifs is 1. The van der Waals surface area contributed by atoms with Gasteiger partial charge in [-0.3, -0.25) is 0 Å². The van der Waals surface area contributed by atoms with E-state index in [1.165, 1.54) is 0 Å². The molecule has 3 nitrogen and oxygen atoms in total. The van der Waals surface area contributed by atoms with Crippen LogP contribution in [-0.2, 0) is 0 Å². The number of thiazole rings is 2. The van der Waals surface area contributed by atoms with E-state index in [0.29, 0.717) is 0 Å². The van der Waals surface area contributed by atoms with Gasteiger partial charge in [0.1, 0.15) is 15.7 Å². The van der Waals surface area contributed by atoms with Crippen LogP contribution in [0.3, 0.4) is 0 Å². The Morgan fingerprint density at radius 3 is 2.89 bits per heavy atom. The Labute approximate surface area is 117 Å². The Kier molecular flexibility index (Phi) is 3.07. The van der Waals surface area contributed by atoms with Crippen LogP contribution in [0.2, 0.25) is 5.02 Å². The first-order valence-electron chi connectivity index (χ1n) is 5.41. The average molecular weight is 296 g/mol. The molecule has 2 N–H and O–H groups in total. The van der Waals surface area contributed by atoms with E-state index in [4.69, 9.17) is 17.3 Å². The highest BCUT2D eigenvalue weighted by Crippen LogP contribution is 2.32. The standard InChI is InChI=1S/C12H10ClN3S2/c1-6(14)11-16-9(5-17-11)12-15-8-3-2-7(13)4-10(8)18-12/h2-6H,14H2,1H3. The maximum Gasteiger partial charge on any atom is 0.143 e. The lowest BCUT2D eigenvalue weighted by Gasteiger charge is -1.96. The van der Waals surface area contributed by atoms with Gasteiger partial charge in [0.25, 0.3) is 0 Å². The van der Waals surface area contributed by atoms with Crippen molar-refractivity contribution in [2.24, 2.45) is 5.73 Å². The van der Waals surface area contributed by atoms with E-state index in [1.807, 2.05) is 30.5 Å². The van der Waals surface area contributed by atoms with Gasteiger partial charge in [0.05, 0.1) is 16.3 Å². The summed E-state index contributed by atoms with van der Waals surface area (Å²) in [7, 11) is 0. The Bertz CT molecular complexity index is 702. The lowest BCUT2D eigenvalue weighted by Crippen LogP contribution is -2.03. The molecule has 0 fully saturated rings. The lowest BCUT2D eigenvalue weighted by atomic mass is 10.3. The lowest BCUT2D eigenvalue weighted by molar-refractivity contribution is 0.808. The van der Waals surface area contributed by atoms with Gasteiger partial charge < -0.3 is 5.73 Å². The predicted molar refractivity (Wildman–Crippen MR) is 78.3 cm³/mol. The van der Waals surface area contributed by atoms with Crippen LogP contribution in [0.15, 0.2) is 23.6 Å². The molecule has 3 rings (SSSR count). The summed E-state index contributed by atoms with van der Waals surface area (Å²) in [5, 5.41) is 4.57. The van der Waals surface area contributed by atoms with E-state index in [-0.39, 0.29) is 6.04 Å². The summed E-state index contributed by atoms with van der Waals surface area (Å²) in [6, 6.07) is 5.67. The third-order valence-corrected chi connectivity index (χ3v) is 4.80. The van der Waals surface area contributed by atoms with Gasteiger partial charge in [-0.05, 0) is 25.1 Å². The largest absolute Gasteiger partial charge is 0.322 e. The maximum absolute atomic E-state index is 5.97. The van der Waals surface area contributed by atoms with Crippen molar-refractivity contribution < 1.29 is 0 Å². The fraction of sp³-hybridized carbons (Fsp3) is 0.167. The molecule has 0 saturated carbocycles. The van der Waals surface area contributed by atoms with Crippen molar-refractivity contribution in [2.45, 2.75) is 13.0 Å². The molecule has 0 radical (unpaired) electrons. The summed E-state index contributed by atoms with van der Waals surface area (Å²) >= 11 is 9.14. The van der Waals surface area contributed by atoms with E-state index >= 15 is 0 Å². The first kappa shape index (κ1) is 12.0. The van der Waals surface area contributed by atoms with E-state index in [1.54, 1.807) is 22.7 Å². The van der Waals surface area contributed by atoms with Crippen LogP contribution in [-0.4, -0.2) is 9.97 Å². The van der Waals surface area contributed by atoms with Crippen molar-refractivity contribution in [3.05, 3.63) is 33.6 Å². The second-order valence-corrected chi connectivity index (χ2v) is 6.35. The first-order valence-corrected chi connectivity index (χ1v) is 7.48. The molecule has 92 valence electrons. The van der Waals surface area contributed by atoms with Gasteiger partial charge in [0, 0.05) is 10.4 Å². The molecule has 18 heavy (non-hydrogen) atoms. The van der Waals surface area contributed by atoms with Crippen LogP contribution in [0.5, 0.6) is 0 Å². The summed E-state index contributed by atoms with van der Waals surface area (Å²) in [5.74, 6) is 0. The SMILES string of the molecule is CC(N)c1nc(-c2nc3ccc(Cl)cc3s2)cs1. The van der Waals surface area contributed by atoms with Gasteiger partial charge in [0.2, 0.25) is 0 Å². The van der Waals surface area contributed by atoms with Crippen molar-refractivity contribution in [2.75, 3.05) is 0 Å². The number of hydrogen-bond donors (Lipinski definition) is 1. The predicted octanol–water partition coefficient (Wildman–Crippen LogP) is 4.09. The molecule has 2 aromatic heterocycles. The highest BCUT2D eigenvalue weighted by Gasteiger charge is 2.12. The van der Waals surface area contributed by atoms with Crippen molar-refractivity contribution in [3.63, 3.8) is 0 Å². The normalized spacial score (nSPS) is 13.1. The smallest absolute Gasteiger partial charge is 0.143 e. The molecule has 1 unspecified atom stereocenters. The molecule has 0 aliphatic carbocycles. The number of nitrogens with two attached hydrogens (primary N) is 1. The first-order chi connectivity index (χ1) is 8.63. The molecule has 0 bridgehead atoms. The Morgan fingerprint density at radius 1 is 1.33 bits per heavy atom. The zero-order chi connectivity index (χ0) is 12.7. The van der Waals surface area contributed by atoms with E-state index in [0.717, 1.165) is 30.9 Å². The molecule has 0 spiro atoms. The number of rotatable bonds is 2. The topological polar surface area (TPSA) is 51.8 Å². The second-order valence-electron chi connectivity index (χ2n) is 3.99. The van der Waals surface area contributed by atoms with Gasteiger partial charge in [-0.2, -0.15) is 0 Å². The Hall–Kier alpha value is -1.01. The van der Waals surface area contributed by atoms with E-state index < -0.39 is 0 Å². The molecule has 0 aliphatic heterocycles. The summed E-state index contributed by atoms with van der Waals surface area (Å²) in [6.07, 6.45) is 0. The number of benzene rings is 1. The van der Waals surface area contributed by atoms with Crippen molar-refractivity contribution >= 4 is 44.5 Å². The van der Waals surface area contributed by atoms with E-state index in [9.17, 15) is 0 Å². The minimum atomic E-state index is -0.0347. The fourth-order valence-electron chi connectivity index (χ4n) is 1.60. The van der Waals surface area contributed by atoms with Crippen molar-refractivity contribution in [1.29, 1.82) is 0 Å². The third-order valence-electron chi connectivity index (χ3n) is 2.48. The second kappa shape index (κ2) is 4.59. The fourth-order valence-corrected chi connectivity index (χ4v) is 3.64. The van der Waals surface area contributed by atoms with Crippen LogP contribution < -0.4 is 5.73 Å². The van der Waals surface area contributed by atoms with Crippen LogP contribution in [0.25, 0.3) is 20.9 Å². The van der Waals surface area contributed by atoms with Gasteiger partial charge in [-0.25, -0.2) is 9.97 Å². The zero-order valence-corrected chi connectivity index (χ0v) is 11.9. The number of aromatic nitrogens is 2. The minimum absolute atomic E-state index is 0.0347. The number of hydrogen-bond acceptors (Lipinski definition) is 5. The van der Waals surface area contributed by atoms with Crippen LogP contribution in [0.1, 0.15) is 18.0 Å². The number of halogens is 1. The molecule has 1 atom stereocenters. The molecule has 1 aromatic carbocycles. The highest BCUT2D eigenvalue weighted by molar-refractivity contribution is 7.22. The summed E-state index contributed by atoms with van der Waals surface area (Å²) in [4.78, 5) is 9.07. The Balaban J connectivity index is 2.07.